The fraction of sp³-hybridized carbons (Fsp3) is 0.333. The average Bonchev–Trinajstić information content (AvgIpc) is 2.46. The molecule has 0 atom stereocenters. The van der Waals surface area contributed by atoms with Crippen LogP contribution in [-0.4, -0.2) is 21.4 Å². The van der Waals surface area contributed by atoms with Crippen LogP contribution >= 0.6 is 12.2 Å². The van der Waals surface area contributed by atoms with Gasteiger partial charge in [0, 0.05) is 13.6 Å². The third-order valence-corrected chi connectivity index (χ3v) is 2.14. The highest BCUT2D eigenvalue weighted by molar-refractivity contribution is 7.80. The largest absolute Gasteiger partial charge is 0.359 e. The van der Waals surface area contributed by atoms with Gasteiger partial charge in [-0.15, -0.1) is 6.58 Å². The minimum absolute atomic E-state index is 0.584. The molecular weight excluding hydrogens is 196 g/mol. The third kappa shape index (κ3) is 2.56. The van der Waals surface area contributed by atoms with Crippen LogP contribution in [0.4, 0.5) is 5.69 Å². The summed E-state index contributed by atoms with van der Waals surface area (Å²) in [5, 5.41) is 10.7. The standard InChI is InChI=1S/C9H14N4S/c1-4-5-10-9(14)12-8-6-11-13(3)7(8)2/h4,6H,1,5H2,2-3H3,(H2,10,12,14). The van der Waals surface area contributed by atoms with E-state index in [1.807, 2.05) is 14.0 Å². The summed E-state index contributed by atoms with van der Waals surface area (Å²) < 4.78 is 1.79. The van der Waals surface area contributed by atoms with Crippen molar-refractivity contribution in [3.05, 3.63) is 24.5 Å². The second kappa shape index (κ2) is 4.76. The van der Waals surface area contributed by atoms with E-state index in [0.29, 0.717) is 11.7 Å². The van der Waals surface area contributed by atoms with Crippen molar-refractivity contribution < 1.29 is 0 Å². The van der Waals surface area contributed by atoms with Gasteiger partial charge in [0.05, 0.1) is 17.6 Å². The summed E-state index contributed by atoms with van der Waals surface area (Å²) in [6, 6.07) is 0. The summed E-state index contributed by atoms with van der Waals surface area (Å²) >= 11 is 5.06. The minimum atomic E-state index is 0.584. The molecule has 0 bridgehead atoms. The minimum Gasteiger partial charge on any atom is -0.359 e. The Morgan fingerprint density at radius 2 is 2.50 bits per heavy atom. The van der Waals surface area contributed by atoms with Gasteiger partial charge in [-0.3, -0.25) is 4.68 Å². The van der Waals surface area contributed by atoms with Crippen LogP contribution < -0.4 is 10.6 Å². The number of aromatic nitrogens is 2. The first-order chi connectivity index (χ1) is 6.65. The predicted octanol–water partition coefficient (Wildman–Crippen LogP) is 1.20. The quantitative estimate of drug-likeness (QED) is 0.581. The van der Waals surface area contributed by atoms with Gasteiger partial charge in [0.15, 0.2) is 5.11 Å². The van der Waals surface area contributed by atoms with Gasteiger partial charge in [0.2, 0.25) is 0 Å². The zero-order chi connectivity index (χ0) is 10.6. The van der Waals surface area contributed by atoms with Crippen LogP contribution in [0.1, 0.15) is 5.69 Å². The van der Waals surface area contributed by atoms with Crippen molar-refractivity contribution in [3.63, 3.8) is 0 Å². The second-order valence-electron chi connectivity index (χ2n) is 2.89. The molecule has 1 rings (SSSR count). The van der Waals surface area contributed by atoms with Gasteiger partial charge in [0.1, 0.15) is 0 Å². The zero-order valence-electron chi connectivity index (χ0n) is 8.37. The number of nitrogens with zero attached hydrogens (tertiary/aromatic N) is 2. The number of aryl methyl sites for hydroxylation is 1. The molecule has 1 heterocycles. The van der Waals surface area contributed by atoms with Crippen LogP contribution in [0.25, 0.3) is 0 Å². The van der Waals surface area contributed by atoms with Gasteiger partial charge in [-0.05, 0) is 19.1 Å². The molecule has 0 radical (unpaired) electrons. The summed E-state index contributed by atoms with van der Waals surface area (Å²) in [6.07, 6.45) is 3.50. The first-order valence-electron chi connectivity index (χ1n) is 4.29. The van der Waals surface area contributed by atoms with Crippen molar-refractivity contribution in [3.8, 4) is 0 Å². The van der Waals surface area contributed by atoms with Crippen molar-refractivity contribution in [2.24, 2.45) is 7.05 Å². The number of rotatable bonds is 3. The van der Waals surface area contributed by atoms with E-state index < -0.39 is 0 Å². The Hall–Kier alpha value is -1.36. The van der Waals surface area contributed by atoms with E-state index in [0.717, 1.165) is 11.4 Å². The number of thiocarbonyl (C=S) groups is 1. The molecule has 0 aromatic carbocycles. The van der Waals surface area contributed by atoms with Gasteiger partial charge in [-0.1, -0.05) is 6.08 Å². The third-order valence-electron chi connectivity index (χ3n) is 1.89. The maximum atomic E-state index is 5.06. The average molecular weight is 210 g/mol. The highest BCUT2D eigenvalue weighted by Crippen LogP contribution is 2.11. The second-order valence-corrected chi connectivity index (χ2v) is 3.30. The van der Waals surface area contributed by atoms with Crippen molar-refractivity contribution in [2.75, 3.05) is 11.9 Å². The molecular formula is C9H14N4S. The first kappa shape index (κ1) is 10.7. The summed E-state index contributed by atoms with van der Waals surface area (Å²) in [6.45, 7) is 6.23. The van der Waals surface area contributed by atoms with Crippen molar-refractivity contribution >= 4 is 23.0 Å². The molecule has 76 valence electrons. The van der Waals surface area contributed by atoms with E-state index in [1.54, 1.807) is 17.0 Å². The Bertz CT molecular complexity index is 343. The van der Waals surface area contributed by atoms with Gasteiger partial charge in [0.25, 0.3) is 0 Å². The van der Waals surface area contributed by atoms with E-state index in [4.69, 9.17) is 12.2 Å². The molecule has 0 saturated carbocycles. The molecule has 1 aromatic heterocycles. The Kier molecular flexibility index (Phi) is 3.64. The highest BCUT2D eigenvalue weighted by atomic mass is 32.1. The maximum absolute atomic E-state index is 5.06. The highest BCUT2D eigenvalue weighted by Gasteiger charge is 2.03. The molecule has 0 aliphatic heterocycles. The van der Waals surface area contributed by atoms with Gasteiger partial charge in [-0.25, -0.2) is 0 Å². The van der Waals surface area contributed by atoms with Crippen LogP contribution in [0, 0.1) is 6.92 Å². The van der Waals surface area contributed by atoms with Gasteiger partial charge < -0.3 is 10.6 Å². The Morgan fingerprint density at radius 1 is 1.79 bits per heavy atom. The predicted molar refractivity (Wildman–Crippen MR) is 62.4 cm³/mol. The monoisotopic (exact) mass is 210 g/mol. The summed E-state index contributed by atoms with van der Waals surface area (Å²) in [5.74, 6) is 0. The summed E-state index contributed by atoms with van der Waals surface area (Å²) in [7, 11) is 1.89. The topological polar surface area (TPSA) is 41.9 Å². The molecule has 0 aliphatic carbocycles. The lowest BCUT2D eigenvalue weighted by Crippen LogP contribution is -2.28. The van der Waals surface area contributed by atoms with Crippen LogP contribution in [0.15, 0.2) is 18.9 Å². The summed E-state index contributed by atoms with van der Waals surface area (Å²) in [5.41, 5.74) is 1.97. The summed E-state index contributed by atoms with van der Waals surface area (Å²) in [4.78, 5) is 0. The SMILES string of the molecule is C=CCNC(=S)Nc1cnn(C)c1C. The Labute approximate surface area is 89.0 Å². The van der Waals surface area contributed by atoms with Crippen LogP contribution in [0.5, 0.6) is 0 Å². The maximum Gasteiger partial charge on any atom is 0.171 e. The van der Waals surface area contributed by atoms with Crippen LogP contribution in [-0.2, 0) is 7.05 Å². The lowest BCUT2D eigenvalue weighted by atomic mass is 10.4. The van der Waals surface area contributed by atoms with E-state index in [2.05, 4.69) is 22.3 Å². The van der Waals surface area contributed by atoms with Crippen molar-refractivity contribution in [1.29, 1.82) is 0 Å². The first-order valence-corrected chi connectivity index (χ1v) is 4.70. The zero-order valence-corrected chi connectivity index (χ0v) is 9.19. The molecule has 4 nitrogen and oxygen atoms in total. The molecule has 5 heteroatoms. The van der Waals surface area contributed by atoms with E-state index in [9.17, 15) is 0 Å². The molecule has 14 heavy (non-hydrogen) atoms. The Morgan fingerprint density at radius 3 is 3.00 bits per heavy atom. The molecule has 0 amide bonds. The lowest BCUT2D eigenvalue weighted by molar-refractivity contribution is 0.740. The smallest absolute Gasteiger partial charge is 0.171 e. The lowest BCUT2D eigenvalue weighted by Gasteiger charge is -2.07. The van der Waals surface area contributed by atoms with Crippen LogP contribution in [0.3, 0.4) is 0 Å². The molecule has 1 aromatic rings. The molecule has 0 fully saturated rings. The van der Waals surface area contributed by atoms with Crippen LogP contribution in [0.2, 0.25) is 0 Å². The number of nitrogens with one attached hydrogen (secondary N) is 2. The van der Waals surface area contributed by atoms with E-state index >= 15 is 0 Å². The fourth-order valence-corrected chi connectivity index (χ4v) is 1.15. The number of hydrogen-bond donors (Lipinski definition) is 2. The van der Waals surface area contributed by atoms with E-state index in [-0.39, 0.29) is 0 Å². The van der Waals surface area contributed by atoms with Crippen molar-refractivity contribution in [2.45, 2.75) is 6.92 Å². The number of anilines is 1. The molecule has 0 unspecified atom stereocenters. The fourth-order valence-electron chi connectivity index (χ4n) is 0.953. The number of hydrogen-bond acceptors (Lipinski definition) is 2. The van der Waals surface area contributed by atoms with E-state index in [1.165, 1.54) is 0 Å². The van der Waals surface area contributed by atoms with Crippen molar-refractivity contribution in [1.82, 2.24) is 15.1 Å². The Balaban J connectivity index is 2.56. The van der Waals surface area contributed by atoms with Gasteiger partial charge in [-0.2, -0.15) is 5.10 Å². The molecule has 0 aliphatic rings. The van der Waals surface area contributed by atoms with Gasteiger partial charge >= 0.3 is 0 Å². The molecule has 0 saturated heterocycles. The molecule has 0 spiro atoms. The molecule has 2 N–H and O–H groups in total. The normalized spacial score (nSPS) is 9.57.